The van der Waals surface area contributed by atoms with E-state index in [1.807, 2.05) is 7.05 Å². The van der Waals surface area contributed by atoms with E-state index in [1.54, 1.807) is 4.90 Å². The molecule has 4 heteroatoms. The van der Waals surface area contributed by atoms with Crippen molar-refractivity contribution in [1.29, 1.82) is 0 Å². The number of amides is 1. The van der Waals surface area contributed by atoms with Crippen molar-refractivity contribution < 1.29 is 9.90 Å². The Balaban J connectivity index is 1.78. The molecule has 2 aliphatic rings. The van der Waals surface area contributed by atoms with E-state index in [0.29, 0.717) is 25.4 Å². The van der Waals surface area contributed by atoms with Crippen LogP contribution in [-0.2, 0) is 4.79 Å². The highest BCUT2D eigenvalue weighted by atomic mass is 16.3. The van der Waals surface area contributed by atoms with Gasteiger partial charge < -0.3 is 15.3 Å². The number of rotatable bonds is 4. The number of hydrogen-bond acceptors (Lipinski definition) is 3. The van der Waals surface area contributed by atoms with Crippen LogP contribution < -0.4 is 5.32 Å². The lowest BCUT2D eigenvalue weighted by Gasteiger charge is -2.29. The molecular formula is C15H28N2O2. The Morgan fingerprint density at radius 1 is 1.32 bits per heavy atom. The Morgan fingerprint density at radius 3 is 2.58 bits per heavy atom. The summed E-state index contributed by atoms with van der Waals surface area (Å²) < 4.78 is 0. The molecule has 4 nitrogen and oxygen atoms in total. The number of carbonyl (C=O) groups is 1. The van der Waals surface area contributed by atoms with Crippen LogP contribution in [0.3, 0.4) is 0 Å². The van der Waals surface area contributed by atoms with Crippen LogP contribution in [0.1, 0.15) is 51.4 Å². The van der Waals surface area contributed by atoms with E-state index < -0.39 is 5.60 Å². The van der Waals surface area contributed by atoms with Crippen LogP contribution in [0.2, 0.25) is 0 Å². The first kappa shape index (κ1) is 14.8. The van der Waals surface area contributed by atoms with Gasteiger partial charge in [-0.3, -0.25) is 4.79 Å². The lowest BCUT2D eigenvalue weighted by atomic mass is 9.95. The van der Waals surface area contributed by atoms with E-state index in [9.17, 15) is 9.90 Å². The predicted octanol–water partition coefficient (Wildman–Crippen LogP) is 1.53. The Kier molecular flexibility index (Phi) is 5.22. The first-order valence-electron chi connectivity index (χ1n) is 7.76. The number of carbonyl (C=O) groups excluding carboxylic acids is 1. The molecule has 110 valence electrons. The summed E-state index contributed by atoms with van der Waals surface area (Å²) in [7, 11) is 1.83. The zero-order valence-corrected chi connectivity index (χ0v) is 12.2. The summed E-state index contributed by atoms with van der Waals surface area (Å²) in [4.78, 5) is 14.0. The van der Waals surface area contributed by atoms with Gasteiger partial charge in [0.15, 0.2) is 0 Å². The molecule has 0 spiro atoms. The normalized spacial score (nSPS) is 29.2. The Morgan fingerprint density at radius 2 is 2.00 bits per heavy atom. The van der Waals surface area contributed by atoms with Gasteiger partial charge in [-0.05, 0) is 31.7 Å². The maximum Gasteiger partial charge on any atom is 0.222 e. The average molecular weight is 268 g/mol. The topological polar surface area (TPSA) is 52.6 Å². The fraction of sp³-hybridized carbons (Fsp3) is 0.933. The van der Waals surface area contributed by atoms with Crippen molar-refractivity contribution in [2.75, 3.05) is 26.7 Å². The van der Waals surface area contributed by atoms with Crippen molar-refractivity contribution >= 4 is 5.91 Å². The maximum atomic E-state index is 12.2. The van der Waals surface area contributed by atoms with Gasteiger partial charge in [-0.1, -0.05) is 25.7 Å². The molecule has 0 aromatic rings. The van der Waals surface area contributed by atoms with Crippen molar-refractivity contribution in [3.63, 3.8) is 0 Å². The molecule has 2 rings (SSSR count). The third kappa shape index (κ3) is 4.46. The van der Waals surface area contributed by atoms with E-state index >= 15 is 0 Å². The second-order valence-corrected chi connectivity index (χ2v) is 6.46. The molecule has 1 saturated carbocycles. The van der Waals surface area contributed by atoms with Crippen molar-refractivity contribution in [3.8, 4) is 0 Å². The van der Waals surface area contributed by atoms with Crippen LogP contribution in [0.15, 0.2) is 0 Å². The van der Waals surface area contributed by atoms with Crippen LogP contribution in [0, 0.1) is 5.92 Å². The number of aliphatic hydroxyl groups is 1. The molecule has 2 N–H and O–H groups in total. The molecule has 1 amide bonds. The highest BCUT2D eigenvalue weighted by Crippen LogP contribution is 2.26. The van der Waals surface area contributed by atoms with Gasteiger partial charge in [0.2, 0.25) is 5.91 Å². The summed E-state index contributed by atoms with van der Waals surface area (Å²) in [6.07, 6.45) is 9.01. The fourth-order valence-corrected chi connectivity index (χ4v) is 3.37. The molecule has 0 bridgehead atoms. The summed E-state index contributed by atoms with van der Waals surface area (Å²) in [5.74, 6) is 0.765. The Labute approximate surface area is 116 Å². The van der Waals surface area contributed by atoms with Crippen molar-refractivity contribution in [2.24, 2.45) is 5.92 Å². The monoisotopic (exact) mass is 268 g/mol. The summed E-state index contributed by atoms with van der Waals surface area (Å²) in [6.45, 7) is 1.92. The fourth-order valence-electron chi connectivity index (χ4n) is 3.37. The van der Waals surface area contributed by atoms with Gasteiger partial charge in [-0.15, -0.1) is 0 Å². The van der Waals surface area contributed by atoms with Gasteiger partial charge >= 0.3 is 0 Å². The van der Waals surface area contributed by atoms with Crippen LogP contribution in [0.4, 0.5) is 0 Å². The van der Waals surface area contributed by atoms with Crippen LogP contribution in [0.25, 0.3) is 0 Å². The summed E-state index contributed by atoms with van der Waals surface area (Å²) in [6, 6.07) is 0. The Bertz CT molecular complexity index is 293. The van der Waals surface area contributed by atoms with Crippen molar-refractivity contribution in [2.45, 2.75) is 57.0 Å². The SMILES string of the molecule is CN(CC1(O)CCNC1)C(=O)CC1CCCCCC1. The van der Waals surface area contributed by atoms with E-state index in [4.69, 9.17) is 0 Å². The van der Waals surface area contributed by atoms with Crippen LogP contribution in [-0.4, -0.2) is 48.2 Å². The second-order valence-electron chi connectivity index (χ2n) is 6.46. The summed E-state index contributed by atoms with van der Waals surface area (Å²) >= 11 is 0. The van der Waals surface area contributed by atoms with Crippen molar-refractivity contribution in [1.82, 2.24) is 10.2 Å². The minimum atomic E-state index is -0.714. The summed E-state index contributed by atoms with van der Waals surface area (Å²) in [5.41, 5.74) is -0.714. The minimum absolute atomic E-state index is 0.201. The Hall–Kier alpha value is -0.610. The highest BCUT2D eigenvalue weighted by molar-refractivity contribution is 5.76. The number of hydrogen-bond donors (Lipinski definition) is 2. The largest absolute Gasteiger partial charge is 0.387 e. The number of nitrogens with zero attached hydrogens (tertiary/aromatic N) is 1. The molecule has 19 heavy (non-hydrogen) atoms. The third-order valence-corrected chi connectivity index (χ3v) is 4.62. The van der Waals surface area contributed by atoms with Gasteiger partial charge in [0, 0.05) is 20.0 Å². The highest BCUT2D eigenvalue weighted by Gasteiger charge is 2.33. The molecule has 1 unspecified atom stereocenters. The standard InChI is InChI=1S/C15H28N2O2/c1-17(12-15(19)8-9-16-11-15)14(18)10-13-6-4-2-3-5-7-13/h13,16,19H,2-12H2,1H3. The predicted molar refractivity (Wildman–Crippen MR) is 75.9 cm³/mol. The van der Waals surface area contributed by atoms with Crippen molar-refractivity contribution in [3.05, 3.63) is 0 Å². The zero-order chi connectivity index (χ0) is 13.7. The van der Waals surface area contributed by atoms with Gasteiger partial charge in [-0.25, -0.2) is 0 Å². The van der Waals surface area contributed by atoms with E-state index in [-0.39, 0.29) is 5.91 Å². The second kappa shape index (κ2) is 6.71. The average Bonchev–Trinajstić information content (AvgIpc) is 2.64. The molecule has 1 aliphatic carbocycles. The molecule has 1 aliphatic heterocycles. The van der Waals surface area contributed by atoms with Crippen LogP contribution >= 0.6 is 0 Å². The molecule has 2 fully saturated rings. The molecule has 0 radical (unpaired) electrons. The molecule has 1 saturated heterocycles. The minimum Gasteiger partial charge on any atom is -0.387 e. The van der Waals surface area contributed by atoms with E-state index in [1.165, 1.54) is 38.5 Å². The molecule has 1 atom stereocenters. The van der Waals surface area contributed by atoms with Gasteiger partial charge in [0.25, 0.3) is 0 Å². The van der Waals surface area contributed by atoms with E-state index in [2.05, 4.69) is 5.32 Å². The number of β-amino-alcohol motifs (C(OH)–C–C–N with tert-alkyl or cyclic N) is 1. The molecule has 1 heterocycles. The summed E-state index contributed by atoms with van der Waals surface area (Å²) in [5, 5.41) is 13.5. The number of likely N-dealkylation sites (N-methyl/N-ethyl adjacent to an activating group) is 1. The molecular weight excluding hydrogens is 240 g/mol. The van der Waals surface area contributed by atoms with Gasteiger partial charge in [0.1, 0.15) is 0 Å². The van der Waals surface area contributed by atoms with Gasteiger partial charge in [-0.2, -0.15) is 0 Å². The smallest absolute Gasteiger partial charge is 0.222 e. The lowest BCUT2D eigenvalue weighted by molar-refractivity contribution is -0.134. The van der Waals surface area contributed by atoms with Crippen LogP contribution in [0.5, 0.6) is 0 Å². The first-order chi connectivity index (χ1) is 9.09. The first-order valence-corrected chi connectivity index (χ1v) is 7.76. The quantitative estimate of drug-likeness (QED) is 0.760. The molecule has 0 aromatic carbocycles. The zero-order valence-electron chi connectivity index (χ0n) is 12.2. The van der Waals surface area contributed by atoms with E-state index in [0.717, 1.165) is 13.0 Å². The maximum absolute atomic E-state index is 12.2. The lowest BCUT2D eigenvalue weighted by Crippen LogP contribution is -2.45. The third-order valence-electron chi connectivity index (χ3n) is 4.62. The molecule has 0 aromatic heterocycles. The van der Waals surface area contributed by atoms with Gasteiger partial charge in [0.05, 0.1) is 12.1 Å². The number of nitrogens with one attached hydrogen (secondary N) is 1.